The molecule has 2 heteroatoms. The first kappa shape index (κ1) is 14.5. The van der Waals surface area contributed by atoms with Crippen molar-refractivity contribution in [2.45, 2.75) is 41.0 Å². The molecule has 0 aliphatic heterocycles. The van der Waals surface area contributed by atoms with Crippen molar-refractivity contribution in [1.82, 2.24) is 4.98 Å². The highest BCUT2D eigenvalue weighted by molar-refractivity contribution is 5.37. The molecule has 0 unspecified atom stereocenters. The van der Waals surface area contributed by atoms with E-state index in [2.05, 4.69) is 11.9 Å². The number of pyridine rings is 1. The molecule has 0 fully saturated rings. The second-order valence-corrected chi connectivity index (χ2v) is 1.90. The molecular weight excluding hydrogens is 160 g/mol. The summed E-state index contributed by atoms with van der Waals surface area (Å²) < 4.78 is 0. The Morgan fingerprint density at radius 1 is 1.23 bits per heavy atom. The maximum atomic E-state index is 5.52. The molecule has 0 saturated carbocycles. The monoisotopic (exact) mass is 182 g/mol. The van der Waals surface area contributed by atoms with E-state index < -0.39 is 0 Å². The van der Waals surface area contributed by atoms with E-state index in [0.717, 1.165) is 12.0 Å². The van der Waals surface area contributed by atoms with E-state index >= 15 is 0 Å². The van der Waals surface area contributed by atoms with Crippen LogP contribution in [0.15, 0.2) is 18.3 Å². The van der Waals surface area contributed by atoms with Crippen LogP contribution in [0.25, 0.3) is 0 Å². The summed E-state index contributed by atoms with van der Waals surface area (Å²) in [6.45, 7) is 10.1. The van der Waals surface area contributed by atoms with Crippen molar-refractivity contribution in [2.24, 2.45) is 0 Å². The zero-order valence-electron chi connectivity index (χ0n) is 9.46. The third-order valence-electron chi connectivity index (χ3n) is 1.31. The minimum Gasteiger partial charge on any atom is -0.383 e. The molecule has 2 nitrogen and oxygen atoms in total. The Kier molecular flexibility index (Phi) is 12.2. The lowest BCUT2D eigenvalue weighted by Gasteiger charge is -1.97. The van der Waals surface area contributed by atoms with E-state index in [0.29, 0.717) is 5.82 Å². The predicted molar refractivity (Wildman–Crippen MR) is 60.7 cm³/mol. The van der Waals surface area contributed by atoms with Crippen LogP contribution in [-0.2, 0) is 6.42 Å². The molecule has 0 spiro atoms. The predicted octanol–water partition coefficient (Wildman–Crippen LogP) is 3.28. The van der Waals surface area contributed by atoms with Gasteiger partial charge >= 0.3 is 0 Å². The minimum absolute atomic E-state index is 0.653. The lowest BCUT2D eigenvalue weighted by Crippen LogP contribution is -1.94. The van der Waals surface area contributed by atoms with Gasteiger partial charge in [-0.2, -0.15) is 0 Å². The van der Waals surface area contributed by atoms with E-state index in [9.17, 15) is 0 Å². The second kappa shape index (κ2) is 11.0. The van der Waals surface area contributed by atoms with Crippen molar-refractivity contribution in [3.05, 3.63) is 23.9 Å². The van der Waals surface area contributed by atoms with Gasteiger partial charge in [0.2, 0.25) is 0 Å². The van der Waals surface area contributed by atoms with Crippen LogP contribution in [0.4, 0.5) is 5.82 Å². The molecule has 1 rings (SSSR count). The number of nitrogen functional groups attached to an aromatic ring is 1. The molecule has 0 atom stereocenters. The van der Waals surface area contributed by atoms with Gasteiger partial charge in [0.05, 0.1) is 0 Å². The van der Waals surface area contributed by atoms with Gasteiger partial charge in [-0.3, -0.25) is 0 Å². The molecule has 0 aromatic carbocycles. The number of anilines is 1. The summed E-state index contributed by atoms with van der Waals surface area (Å²) in [5.74, 6) is 0.653. The molecular formula is C11H22N2. The van der Waals surface area contributed by atoms with E-state index in [-0.39, 0.29) is 0 Å². The van der Waals surface area contributed by atoms with Crippen molar-refractivity contribution in [3.8, 4) is 0 Å². The van der Waals surface area contributed by atoms with E-state index in [4.69, 9.17) is 5.73 Å². The topological polar surface area (TPSA) is 38.9 Å². The van der Waals surface area contributed by atoms with Gasteiger partial charge in [0.15, 0.2) is 0 Å². The maximum absolute atomic E-state index is 5.52. The van der Waals surface area contributed by atoms with Crippen LogP contribution in [0.2, 0.25) is 0 Å². The van der Waals surface area contributed by atoms with Gasteiger partial charge in [-0.1, -0.05) is 40.7 Å². The van der Waals surface area contributed by atoms with Crippen LogP contribution >= 0.6 is 0 Å². The fraction of sp³-hybridized carbons (Fsp3) is 0.545. The highest BCUT2D eigenvalue weighted by atomic mass is 14.8. The van der Waals surface area contributed by atoms with Crippen molar-refractivity contribution in [2.75, 3.05) is 5.73 Å². The zero-order chi connectivity index (χ0) is 10.7. The van der Waals surface area contributed by atoms with Crippen LogP contribution in [0.3, 0.4) is 0 Å². The lowest BCUT2D eigenvalue weighted by molar-refractivity contribution is 1.11. The molecule has 0 saturated heterocycles. The molecule has 13 heavy (non-hydrogen) atoms. The van der Waals surface area contributed by atoms with Gasteiger partial charge in [0.25, 0.3) is 0 Å². The molecule has 1 heterocycles. The highest BCUT2D eigenvalue weighted by Gasteiger charge is 1.91. The second-order valence-electron chi connectivity index (χ2n) is 1.90. The number of hydrogen-bond donors (Lipinski definition) is 1. The molecule has 1 aromatic heterocycles. The Hall–Kier alpha value is -1.05. The first-order valence-corrected chi connectivity index (χ1v) is 5.04. The molecule has 2 N–H and O–H groups in total. The molecule has 0 amide bonds. The van der Waals surface area contributed by atoms with Crippen molar-refractivity contribution < 1.29 is 0 Å². The standard InChI is InChI=1S/C7H10N2.2C2H6/c1-2-6-4-3-5-9-7(6)8;2*1-2/h3-5H,2H2,1H3,(H2,8,9);2*1-2H3. The molecule has 1 aromatic rings. The number of aromatic nitrogens is 1. The first-order valence-electron chi connectivity index (χ1n) is 5.04. The summed E-state index contributed by atoms with van der Waals surface area (Å²) in [5, 5.41) is 0. The van der Waals surface area contributed by atoms with Crippen molar-refractivity contribution in [1.29, 1.82) is 0 Å². The van der Waals surface area contributed by atoms with Crippen molar-refractivity contribution >= 4 is 5.82 Å². The fourth-order valence-corrected chi connectivity index (χ4v) is 0.750. The Labute approximate surface area is 82.2 Å². The first-order chi connectivity index (χ1) is 6.34. The summed E-state index contributed by atoms with van der Waals surface area (Å²) in [5.41, 5.74) is 6.64. The van der Waals surface area contributed by atoms with E-state index in [1.54, 1.807) is 6.20 Å². The summed E-state index contributed by atoms with van der Waals surface area (Å²) in [7, 11) is 0. The van der Waals surface area contributed by atoms with Gasteiger partial charge in [-0.15, -0.1) is 0 Å². The zero-order valence-corrected chi connectivity index (χ0v) is 9.46. The Bertz CT molecular complexity index is 197. The van der Waals surface area contributed by atoms with Crippen LogP contribution in [0.1, 0.15) is 40.2 Å². The summed E-state index contributed by atoms with van der Waals surface area (Å²) in [6, 6.07) is 3.89. The van der Waals surface area contributed by atoms with Gasteiger partial charge < -0.3 is 5.73 Å². The molecule has 0 radical (unpaired) electrons. The Morgan fingerprint density at radius 3 is 2.08 bits per heavy atom. The lowest BCUT2D eigenvalue weighted by atomic mass is 10.2. The number of rotatable bonds is 1. The van der Waals surface area contributed by atoms with Gasteiger partial charge in [0, 0.05) is 6.20 Å². The average molecular weight is 182 g/mol. The number of hydrogen-bond acceptors (Lipinski definition) is 2. The largest absolute Gasteiger partial charge is 0.383 e. The summed E-state index contributed by atoms with van der Waals surface area (Å²) in [4.78, 5) is 3.93. The third-order valence-corrected chi connectivity index (χ3v) is 1.31. The Morgan fingerprint density at radius 2 is 1.77 bits per heavy atom. The van der Waals surface area contributed by atoms with Crippen molar-refractivity contribution in [3.63, 3.8) is 0 Å². The van der Waals surface area contributed by atoms with E-state index in [1.165, 1.54) is 0 Å². The van der Waals surface area contributed by atoms with E-state index in [1.807, 2.05) is 39.8 Å². The quantitative estimate of drug-likeness (QED) is 0.724. The highest BCUT2D eigenvalue weighted by Crippen LogP contribution is 2.05. The number of aryl methyl sites for hydroxylation is 1. The SMILES string of the molecule is CC.CC.CCc1cccnc1N. The average Bonchev–Trinajstić information content (AvgIpc) is 2.24. The minimum atomic E-state index is 0.653. The molecule has 0 aliphatic rings. The summed E-state index contributed by atoms with van der Waals surface area (Å²) >= 11 is 0. The number of nitrogens with zero attached hydrogens (tertiary/aromatic N) is 1. The molecule has 0 bridgehead atoms. The van der Waals surface area contributed by atoms with Gasteiger partial charge in [-0.25, -0.2) is 4.98 Å². The van der Waals surface area contributed by atoms with Gasteiger partial charge in [-0.05, 0) is 18.1 Å². The number of nitrogens with two attached hydrogens (primary N) is 1. The molecule has 0 aliphatic carbocycles. The van der Waals surface area contributed by atoms with Gasteiger partial charge in [0.1, 0.15) is 5.82 Å². The van der Waals surface area contributed by atoms with Crippen LogP contribution in [0.5, 0.6) is 0 Å². The third kappa shape index (κ3) is 6.14. The van der Waals surface area contributed by atoms with Crippen LogP contribution in [-0.4, -0.2) is 4.98 Å². The molecule has 76 valence electrons. The van der Waals surface area contributed by atoms with Crippen LogP contribution in [0, 0.1) is 0 Å². The smallest absolute Gasteiger partial charge is 0.126 e. The Balaban J connectivity index is 0. The fourth-order valence-electron chi connectivity index (χ4n) is 0.750. The van der Waals surface area contributed by atoms with Crippen LogP contribution < -0.4 is 5.73 Å². The normalized spacial score (nSPS) is 7.46. The summed E-state index contributed by atoms with van der Waals surface area (Å²) in [6.07, 6.45) is 2.66. The maximum Gasteiger partial charge on any atom is 0.126 e.